The molecule has 0 aliphatic rings. The summed E-state index contributed by atoms with van der Waals surface area (Å²) in [4.78, 5) is 24.8. The SMILES string of the molecule is Cc1ccc(COc2ccc(C(=O)N/N=C\c3cccc(OC(=O)c4ccc(Cl)cc4Cl)c3)cc2)cc1. The van der Waals surface area contributed by atoms with Crippen LogP contribution < -0.4 is 14.9 Å². The maximum absolute atomic E-state index is 12.4. The van der Waals surface area contributed by atoms with Gasteiger partial charge in [-0.1, -0.05) is 65.2 Å². The van der Waals surface area contributed by atoms with Gasteiger partial charge in [0.15, 0.2) is 0 Å². The summed E-state index contributed by atoms with van der Waals surface area (Å²) in [5.41, 5.74) is 5.99. The second kappa shape index (κ2) is 12.2. The lowest BCUT2D eigenvalue weighted by molar-refractivity contribution is 0.0734. The Morgan fingerprint density at radius 3 is 2.38 bits per heavy atom. The molecule has 1 amide bonds. The Labute approximate surface area is 224 Å². The zero-order valence-electron chi connectivity index (χ0n) is 19.8. The van der Waals surface area contributed by atoms with Gasteiger partial charge in [0.1, 0.15) is 18.1 Å². The molecule has 0 spiro atoms. The van der Waals surface area contributed by atoms with Crippen molar-refractivity contribution in [3.63, 3.8) is 0 Å². The van der Waals surface area contributed by atoms with Crippen molar-refractivity contribution < 1.29 is 19.1 Å². The molecule has 186 valence electrons. The number of benzene rings is 4. The van der Waals surface area contributed by atoms with E-state index in [1.54, 1.807) is 54.6 Å². The molecule has 0 fully saturated rings. The van der Waals surface area contributed by atoms with Gasteiger partial charge in [-0.25, -0.2) is 10.2 Å². The molecule has 0 bridgehead atoms. The third-order valence-corrected chi connectivity index (χ3v) is 5.79. The van der Waals surface area contributed by atoms with Crippen molar-refractivity contribution in [3.05, 3.63) is 129 Å². The fourth-order valence-corrected chi connectivity index (χ4v) is 3.74. The molecule has 4 aromatic carbocycles. The van der Waals surface area contributed by atoms with Gasteiger partial charge in [-0.15, -0.1) is 0 Å². The summed E-state index contributed by atoms with van der Waals surface area (Å²) in [5.74, 6) is -0.0314. The van der Waals surface area contributed by atoms with Crippen molar-refractivity contribution in [1.82, 2.24) is 5.43 Å². The number of carbonyl (C=O) groups is 2. The summed E-state index contributed by atoms with van der Waals surface area (Å²) < 4.78 is 11.2. The number of hydrogen-bond acceptors (Lipinski definition) is 5. The molecule has 8 heteroatoms. The number of amides is 1. The molecule has 6 nitrogen and oxygen atoms in total. The van der Waals surface area contributed by atoms with E-state index in [-0.39, 0.29) is 16.5 Å². The summed E-state index contributed by atoms with van der Waals surface area (Å²) in [6, 6.07) is 26.1. The zero-order chi connectivity index (χ0) is 26.2. The van der Waals surface area contributed by atoms with Gasteiger partial charge in [0, 0.05) is 10.6 Å². The van der Waals surface area contributed by atoms with Gasteiger partial charge in [0.05, 0.1) is 16.8 Å². The van der Waals surface area contributed by atoms with Crippen molar-refractivity contribution in [1.29, 1.82) is 0 Å². The Bertz CT molecular complexity index is 1440. The smallest absolute Gasteiger partial charge is 0.345 e. The second-order valence-electron chi connectivity index (χ2n) is 8.08. The minimum absolute atomic E-state index is 0.198. The van der Waals surface area contributed by atoms with Crippen LogP contribution in [0.15, 0.2) is 96.1 Å². The van der Waals surface area contributed by atoms with Gasteiger partial charge in [0.25, 0.3) is 5.91 Å². The quantitative estimate of drug-likeness (QED) is 0.116. The average molecular weight is 533 g/mol. The molecular formula is C29H22Cl2N2O4. The van der Waals surface area contributed by atoms with Crippen LogP contribution in [-0.4, -0.2) is 18.1 Å². The number of nitrogens with one attached hydrogen (secondary N) is 1. The van der Waals surface area contributed by atoms with Gasteiger partial charge in [-0.05, 0) is 72.6 Å². The minimum atomic E-state index is -0.615. The summed E-state index contributed by atoms with van der Waals surface area (Å²) in [6.07, 6.45) is 1.45. The topological polar surface area (TPSA) is 77.0 Å². The number of esters is 1. The Morgan fingerprint density at radius 1 is 0.892 bits per heavy atom. The molecule has 0 unspecified atom stereocenters. The average Bonchev–Trinajstić information content (AvgIpc) is 2.89. The maximum atomic E-state index is 12.4. The second-order valence-corrected chi connectivity index (χ2v) is 8.93. The highest BCUT2D eigenvalue weighted by Gasteiger charge is 2.13. The molecular weight excluding hydrogens is 511 g/mol. The van der Waals surface area contributed by atoms with Crippen LogP contribution in [0.4, 0.5) is 0 Å². The van der Waals surface area contributed by atoms with E-state index in [1.807, 2.05) is 31.2 Å². The number of nitrogens with zero attached hydrogens (tertiary/aromatic N) is 1. The van der Waals surface area contributed by atoms with Crippen LogP contribution >= 0.6 is 23.2 Å². The largest absolute Gasteiger partial charge is 0.489 e. The van der Waals surface area contributed by atoms with Crippen LogP contribution in [-0.2, 0) is 6.61 Å². The first-order chi connectivity index (χ1) is 17.9. The van der Waals surface area contributed by atoms with Crippen LogP contribution in [0.2, 0.25) is 10.0 Å². The first-order valence-corrected chi connectivity index (χ1v) is 12.0. The van der Waals surface area contributed by atoms with E-state index < -0.39 is 5.97 Å². The van der Waals surface area contributed by atoms with E-state index in [9.17, 15) is 9.59 Å². The lowest BCUT2D eigenvalue weighted by Crippen LogP contribution is -2.17. The Hall–Kier alpha value is -4.13. The number of hydrogen-bond donors (Lipinski definition) is 1. The Kier molecular flexibility index (Phi) is 8.56. The molecule has 1 N–H and O–H groups in total. The third-order valence-electron chi connectivity index (χ3n) is 5.24. The van der Waals surface area contributed by atoms with Crippen molar-refractivity contribution >= 4 is 41.3 Å². The highest BCUT2D eigenvalue weighted by atomic mass is 35.5. The highest BCUT2D eigenvalue weighted by molar-refractivity contribution is 6.36. The van der Waals surface area contributed by atoms with Crippen LogP contribution in [0, 0.1) is 6.92 Å². The first kappa shape index (κ1) is 25.9. The monoisotopic (exact) mass is 532 g/mol. The number of hydrazone groups is 1. The molecule has 0 heterocycles. The standard InChI is InChI=1S/C29H22Cl2N2O4/c1-19-5-7-20(8-6-19)18-36-24-12-9-22(10-13-24)28(34)33-32-17-21-3-2-4-25(15-21)37-29(35)26-14-11-23(30)16-27(26)31/h2-17H,18H2,1H3,(H,33,34)/b32-17-. The fraction of sp³-hybridized carbons (Fsp3) is 0.0690. The van der Waals surface area contributed by atoms with E-state index >= 15 is 0 Å². The molecule has 0 saturated carbocycles. The third kappa shape index (κ3) is 7.43. The van der Waals surface area contributed by atoms with Gasteiger partial charge < -0.3 is 9.47 Å². The molecule has 37 heavy (non-hydrogen) atoms. The number of rotatable bonds is 8. The molecule has 0 saturated heterocycles. The summed E-state index contributed by atoms with van der Waals surface area (Å²) in [5, 5.41) is 4.61. The summed E-state index contributed by atoms with van der Waals surface area (Å²) in [6.45, 7) is 2.48. The molecule has 0 atom stereocenters. The van der Waals surface area contributed by atoms with Gasteiger partial charge >= 0.3 is 5.97 Å². The lowest BCUT2D eigenvalue weighted by atomic mass is 10.2. The van der Waals surface area contributed by atoms with E-state index in [0.29, 0.717) is 34.3 Å². The van der Waals surface area contributed by atoms with E-state index in [0.717, 1.165) is 5.56 Å². The van der Waals surface area contributed by atoms with Crippen molar-refractivity contribution in [2.24, 2.45) is 5.10 Å². The van der Waals surface area contributed by atoms with Crippen LogP contribution in [0.1, 0.15) is 37.4 Å². The van der Waals surface area contributed by atoms with Crippen molar-refractivity contribution in [3.8, 4) is 11.5 Å². The fourth-order valence-electron chi connectivity index (χ4n) is 3.26. The predicted molar refractivity (Wildman–Crippen MR) is 145 cm³/mol. The molecule has 0 aliphatic heterocycles. The number of halogens is 2. The van der Waals surface area contributed by atoms with Gasteiger partial charge in [-0.2, -0.15) is 5.10 Å². The normalized spacial score (nSPS) is 10.8. The molecule has 0 radical (unpaired) electrons. The van der Waals surface area contributed by atoms with Crippen molar-refractivity contribution in [2.45, 2.75) is 13.5 Å². The molecule has 0 aliphatic carbocycles. The molecule has 4 aromatic rings. The Morgan fingerprint density at radius 2 is 1.65 bits per heavy atom. The number of ether oxygens (including phenoxy) is 2. The first-order valence-electron chi connectivity index (χ1n) is 11.3. The number of carbonyl (C=O) groups excluding carboxylic acids is 2. The van der Waals surface area contributed by atoms with Crippen LogP contribution in [0.3, 0.4) is 0 Å². The van der Waals surface area contributed by atoms with E-state index in [2.05, 4.69) is 10.5 Å². The maximum Gasteiger partial charge on any atom is 0.345 e. The zero-order valence-corrected chi connectivity index (χ0v) is 21.3. The number of aryl methyl sites for hydroxylation is 1. The Balaban J connectivity index is 1.30. The van der Waals surface area contributed by atoms with Gasteiger partial charge in [0.2, 0.25) is 0 Å². The molecule has 0 aromatic heterocycles. The summed E-state index contributed by atoms with van der Waals surface area (Å²) >= 11 is 11.9. The van der Waals surface area contributed by atoms with Crippen molar-refractivity contribution in [2.75, 3.05) is 0 Å². The lowest BCUT2D eigenvalue weighted by Gasteiger charge is -2.07. The van der Waals surface area contributed by atoms with Crippen LogP contribution in [0.25, 0.3) is 0 Å². The van der Waals surface area contributed by atoms with Gasteiger partial charge in [-0.3, -0.25) is 4.79 Å². The summed E-state index contributed by atoms with van der Waals surface area (Å²) in [7, 11) is 0. The van der Waals surface area contributed by atoms with E-state index in [1.165, 1.54) is 23.9 Å². The molecule has 4 rings (SSSR count). The van der Waals surface area contributed by atoms with Crippen LogP contribution in [0.5, 0.6) is 11.5 Å². The predicted octanol–water partition coefficient (Wildman–Crippen LogP) is 6.86. The minimum Gasteiger partial charge on any atom is -0.489 e. The highest BCUT2D eigenvalue weighted by Crippen LogP contribution is 2.23. The van der Waals surface area contributed by atoms with E-state index in [4.69, 9.17) is 32.7 Å².